The van der Waals surface area contributed by atoms with Crippen LogP contribution in [0.25, 0.3) is 0 Å². The number of piperidine rings is 1. The molecule has 1 spiro atoms. The highest BCUT2D eigenvalue weighted by molar-refractivity contribution is 6.09. The Morgan fingerprint density at radius 2 is 1.92 bits per heavy atom. The number of ketones is 1. The van der Waals surface area contributed by atoms with Gasteiger partial charge in [0.25, 0.3) is 0 Å². The number of amides is 1. The fourth-order valence-corrected chi connectivity index (χ4v) is 2.54. The van der Waals surface area contributed by atoms with Crippen molar-refractivity contribution in [3.63, 3.8) is 0 Å². The topological polar surface area (TPSA) is 46.2 Å². The Hall–Kier alpha value is -0.860. The van der Waals surface area contributed by atoms with Gasteiger partial charge in [-0.2, -0.15) is 0 Å². The Labute approximate surface area is 77.9 Å². The normalized spacial score (nSPS) is 32.2. The molecule has 2 rings (SSSR count). The zero-order valence-electron chi connectivity index (χ0n) is 7.93. The van der Waals surface area contributed by atoms with Crippen molar-refractivity contribution >= 4 is 11.7 Å². The predicted molar refractivity (Wildman–Crippen MR) is 48.1 cm³/mol. The molecular formula is C10H15NO2. The maximum Gasteiger partial charge on any atom is 0.233 e. The molecule has 1 N–H and O–H groups in total. The van der Waals surface area contributed by atoms with Crippen molar-refractivity contribution < 1.29 is 9.59 Å². The third kappa shape index (κ3) is 1.10. The quantitative estimate of drug-likeness (QED) is 0.564. The first-order valence-electron chi connectivity index (χ1n) is 4.99. The SMILES string of the molecule is CC1CNC(=O)C2(CCCC2)C1=O. The van der Waals surface area contributed by atoms with E-state index in [0.29, 0.717) is 6.54 Å². The summed E-state index contributed by atoms with van der Waals surface area (Å²) in [5, 5.41) is 2.84. The number of carbonyl (C=O) groups excluding carboxylic acids is 2. The molecule has 2 aliphatic rings. The fourth-order valence-electron chi connectivity index (χ4n) is 2.54. The third-order valence-corrected chi connectivity index (χ3v) is 3.38. The van der Waals surface area contributed by atoms with Gasteiger partial charge in [0.2, 0.25) is 5.91 Å². The van der Waals surface area contributed by atoms with Crippen LogP contribution in [-0.4, -0.2) is 18.2 Å². The van der Waals surface area contributed by atoms with Crippen LogP contribution in [0.1, 0.15) is 32.6 Å². The van der Waals surface area contributed by atoms with Crippen LogP contribution >= 0.6 is 0 Å². The van der Waals surface area contributed by atoms with Crippen LogP contribution in [-0.2, 0) is 9.59 Å². The van der Waals surface area contributed by atoms with Gasteiger partial charge in [0, 0.05) is 12.5 Å². The predicted octanol–water partition coefficient (Wildman–Crippen LogP) is 0.882. The largest absolute Gasteiger partial charge is 0.355 e. The van der Waals surface area contributed by atoms with Crippen molar-refractivity contribution in [1.82, 2.24) is 5.32 Å². The number of rotatable bonds is 0. The highest BCUT2D eigenvalue weighted by Gasteiger charge is 2.51. The van der Waals surface area contributed by atoms with E-state index in [1.165, 1.54) is 0 Å². The lowest BCUT2D eigenvalue weighted by Crippen LogP contribution is -2.54. The van der Waals surface area contributed by atoms with E-state index >= 15 is 0 Å². The molecule has 3 nitrogen and oxygen atoms in total. The standard InChI is InChI=1S/C10H15NO2/c1-7-6-11-9(13)10(8(7)12)4-2-3-5-10/h7H,2-6H2,1H3,(H,11,13). The van der Waals surface area contributed by atoms with Crippen LogP contribution < -0.4 is 5.32 Å². The smallest absolute Gasteiger partial charge is 0.233 e. The summed E-state index contributed by atoms with van der Waals surface area (Å²) in [6.07, 6.45) is 3.57. The van der Waals surface area contributed by atoms with E-state index in [4.69, 9.17) is 0 Å². The van der Waals surface area contributed by atoms with Gasteiger partial charge in [0.1, 0.15) is 5.41 Å². The van der Waals surface area contributed by atoms with Gasteiger partial charge in [-0.25, -0.2) is 0 Å². The maximum atomic E-state index is 11.9. The van der Waals surface area contributed by atoms with E-state index in [-0.39, 0.29) is 17.6 Å². The second-order valence-electron chi connectivity index (χ2n) is 4.26. The van der Waals surface area contributed by atoms with E-state index in [2.05, 4.69) is 5.32 Å². The van der Waals surface area contributed by atoms with Crippen LogP contribution in [0.2, 0.25) is 0 Å². The Morgan fingerprint density at radius 1 is 1.31 bits per heavy atom. The Kier molecular flexibility index (Phi) is 1.90. The highest BCUT2D eigenvalue weighted by atomic mass is 16.2. The van der Waals surface area contributed by atoms with Gasteiger partial charge in [-0.15, -0.1) is 0 Å². The van der Waals surface area contributed by atoms with Crippen LogP contribution in [0.5, 0.6) is 0 Å². The summed E-state index contributed by atoms with van der Waals surface area (Å²) in [7, 11) is 0. The molecule has 0 aromatic heterocycles. The third-order valence-electron chi connectivity index (χ3n) is 3.38. The second kappa shape index (κ2) is 2.82. The molecule has 2 fully saturated rings. The molecule has 13 heavy (non-hydrogen) atoms. The first-order chi connectivity index (χ1) is 6.17. The molecule has 3 heteroatoms. The molecule has 1 heterocycles. The van der Waals surface area contributed by atoms with Crippen molar-refractivity contribution in [2.45, 2.75) is 32.6 Å². The minimum Gasteiger partial charge on any atom is -0.355 e. The van der Waals surface area contributed by atoms with Gasteiger partial charge in [0.15, 0.2) is 5.78 Å². The van der Waals surface area contributed by atoms with Crippen LogP contribution in [0.4, 0.5) is 0 Å². The molecule has 1 aliphatic carbocycles. The number of carbonyl (C=O) groups is 2. The molecule has 0 radical (unpaired) electrons. The molecule has 0 aromatic carbocycles. The van der Waals surface area contributed by atoms with Crippen LogP contribution in [0.15, 0.2) is 0 Å². The first-order valence-corrected chi connectivity index (χ1v) is 4.99. The number of nitrogens with one attached hydrogen (secondary N) is 1. The van der Waals surface area contributed by atoms with Gasteiger partial charge >= 0.3 is 0 Å². The summed E-state index contributed by atoms with van der Waals surface area (Å²) in [6.45, 7) is 2.43. The van der Waals surface area contributed by atoms with Crippen molar-refractivity contribution in [3.8, 4) is 0 Å². The molecule has 0 aromatic rings. The first kappa shape index (κ1) is 8.73. The summed E-state index contributed by atoms with van der Waals surface area (Å²) >= 11 is 0. The molecule has 1 aliphatic heterocycles. The van der Waals surface area contributed by atoms with Crippen LogP contribution in [0.3, 0.4) is 0 Å². The van der Waals surface area contributed by atoms with Crippen molar-refractivity contribution in [1.29, 1.82) is 0 Å². The molecular weight excluding hydrogens is 166 g/mol. The minimum absolute atomic E-state index is 0.01000. The minimum atomic E-state index is -0.627. The van der Waals surface area contributed by atoms with E-state index in [9.17, 15) is 9.59 Å². The van der Waals surface area contributed by atoms with E-state index in [0.717, 1.165) is 25.7 Å². The average Bonchev–Trinajstić information content (AvgIpc) is 2.59. The van der Waals surface area contributed by atoms with E-state index in [1.807, 2.05) is 6.92 Å². The summed E-state index contributed by atoms with van der Waals surface area (Å²) < 4.78 is 0. The summed E-state index contributed by atoms with van der Waals surface area (Å²) in [5.74, 6) is 0.164. The molecule has 0 bridgehead atoms. The summed E-state index contributed by atoms with van der Waals surface area (Å²) in [5.41, 5.74) is -0.627. The molecule has 1 unspecified atom stereocenters. The van der Waals surface area contributed by atoms with Gasteiger partial charge < -0.3 is 5.32 Å². The van der Waals surface area contributed by atoms with Crippen molar-refractivity contribution in [2.75, 3.05) is 6.54 Å². The monoisotopic (exact) mass is 181 g/mol. The highest BCUT2D eigenvalue weighted by Crippen LogP contribution is 2.42. The lowest BCUT2D eigenvalue weighted by atomic mass is 9.73. The summed E-state index contributed by atoms with van der Waals surface area (Å²) in [4.78, 5) is 23.5. The zero-order valence-corrected chi connectivity index (χ0v) is 7.93. The van der Waals surface area contributed by atoms with E-state index < -0.39 is 5.41 Å². The van der Waals surface area contributed by atoms with E-state index in [1.54, 1.807) is 0 Å². The lowest BCUT2D eigenvalue weighted by molar-refractivity contribution is -0.147. The van der Waals surface area contributed by atoms with Gasteiger partial charge in [0.05, 0.1) is 0 Å². The molecule has 1 amide bonds. The Balaban J connectivity index is 2.31. The van der Waals surface area contributed by atoms with Crippen molar-refractivity contribution in [3.05, 3.63) is 0 Å². The van der Waals surface area contributed by atoms with Crippen molar-refractivity contribution in [2.24, 2.45) is 11.3 Å². The molecule has 1 atom stereocenters. The van der Waals surface area contributed by atoms with Gasteiger partial charge in [-0.3, -0.25) is 9.59 Å². The molecule has 1 saturated heterocycles. The Morgan fingerprint density at radius 3 is 2.54 bits per heavy atom. The summed E-state index contributed by atoms with van der Waals surface area (Å²) in [6, 6.07) is 0. The lowest BCUT2D eigenvalue weighted by Gasteiger charge is -2.34. The fraction of sp³-hybridized carbons (Fsp3) is 0.800. The molecule has 72 valence electrons. The number of hydrogen-bond donors (Lipinski definition) is 1. The maximum absolute atomic E-state index is 11.9. The Bertz CT molecular complexity index is 254. The van der Waals surface area contributed by atoms with Gasteiger partial charge in [-0.05, 0) is 12.8 Å². The molecule has 1 saturated carbocycles. The second-order valence-corrected chi connectivity index (χ2v) is 4.26. The zero-order chi connectivity index (χ0) is 9.47. The number of hydrogen-bond acceptors (Lipinski definition) is 2. The van der Waals surface area contributed by atoms with Gasteiger partial charge in [-0.1, -0.05) is 19.8 Å². The number of Topliss-reactive ketones (excluding diaryl/α,β-unsaturated/α-hetero) is 1. The van der Waals surface area contributed by atoms with Crippen LogP contribution in [0, 0.1) is 11.3 Å². The average molecular weight is 181 g/mol.